The molecule has 0 aromatic heterocycles. The molecule has 4 nitrogen and oxygen atoms in total. The Morgan fingerprint density at radius 1 is 0.933 bits per heavy atom. The molecular formula is C24H20Cl2N2O2. The average molecular weight is 439 g/mol. The predicted molar refractivity (Wildman–Crippen MR) is 123 cm³/mol. The Morgan fingerprint density at radius 3 is 2.37 bits per heavy atom. The van der Waals surface area contributed by atoms with Crippen molar-refractivity contribution in [2.24, 2.45) is 0 Å². The van der Waals surface area contributed by atoms with Gasteiger partial charge >= 0.3 is 0 Å². The molecule has 6 heteroatoms. The third-order valence-electron chi connectivity index (χ3n) is 4.45. The van der Waals surface area contributed by atoms with Crippen molar-refractivity contribution in [3.05, 3.63) is 106 Å². The summed E-state index contributed by atoms with van der Waals surface area (Å²) in [6.45, 7) is 1.91. The molecule has 1 atom stereocenters. The molecule has 3 rings (SSSR count). The van der Waals surface area contributed by atoms with E-state index in [1.54, 1.807) is 48.5 Å². The quantitative estimate of drug-likeness (QED) is 0.454. The summed E-state index contributed by atoms with van der Waals surface area (Å²) >= 11 is 12.0. The number of para-hydroxylation sites is 1. The van der Waals surface area contributed by atoms with Crippen molar-refractivity contribution in [2.75, 3.05) is 5.32 Å². The average Bonchev–Trinajstić information content (AvgIpc) is 2.74. The zero-order valence-corrected chi connectivity index (χ0v) is 17.7. The molecule has 2 N–H and O–H groups in total. The van der Waals surface area contributed by atoms with Gasteiger partial charge in [0.2, 0.25) is 5.91 Å². The maximum atomic E-state index is 12.8. The van der Waals surface area contributed by atoms with Gasteiger partial charge in [-0.05, 0) is 48.4 Å². The van der Waals surface area contributed by atoms with Gasteiger partial charge in [0.25, 0.3) is 5.91 Å². The summed E-state index contributed by atoms with van der Waals surface area (Å²) in [5.74, 6) is -0.649. The van der Waals surface area contributed by atoms with Crippen molar-refractivity contribution < 1.29 is 9.59 Å². The van der Waals surface area contributed by atoms with Gasteiger partial charge in [0.15, 0.2) is 0 Å². The van der Waals surface area contributed by atoms with E-state index in [1.165, 1.54) is 6.08 Å². The summed E-state index contributed by atoms with van der Waals surface area (Å²) in [6.07, 6.45) is 2.95. The van der Waals surface area contributed by atoms with E-state index in [0.717, 1.165) is 5.56 Å². The van der Waals surface area contributed by atoms with Crippen LogP contribution in [0.3, 0.4) is 0 Å². The van der Waals surface area contributed by atoms with Crippen LogP contribution in [0.5, 0.6) is 0 Å². The van der Waals surface area contributed by atoms with Gasteiger partial charge in [-0.3, -0.25) is 9.59 Å². The molecule has 0 saturated carbocycles. The molecular weight excluding hydrogens is 419 g/mol. The Morgan fingerprint density at radius 2 is 1.63 bits per heavy atom. The number of carbonyl (C=O) groups excluding carboxylic acids is 2. The summed E-state index contributed by atoms with van der Waals surface area (Å²) < 4.78 is 0. The molecule has 0 aliphatic heterocycles. The number of nitrogens with one attached hydrogen (secondary N) is 2. The molecule has 0 heterocycles. The van der Waals surface area contributed by atoms with Gasteiger partial charge in [0.05, 0.1) is 17.3 Å². The summed E-state index contributed by atoms with van der Waals surface area (Å²) in [5, 5.41) is 6.67. The Balaban J connectivity index is 1.70. The third kappa shape index (κ3) is 5.72. The Labute approximate surface area is 185 Å². The number of halogens is 2. The number of hydrogen-bond donors (Lipinski definition) is 2. The zero-order valence-electron chi connectivity index (χ0n) is 16.2. The Hall–Kier alpha value is -3.08. The molecule has 0 fully saturated rings. The van der Waals surface area contributed by atoms with Crippen LogP contribution in [0.15, 0.2) is 78.9 Å². The van der Waals surface area contributed by atoms with E-state index >= 15 is 0 Å². The molecule has 0 unspecified atom stereocenters. The van der Waals surface area contributed by atoms with Gasteiger partial charge in [-0.25, -0.2) is 0 Å². The lowest BCUT2D eigenvalue weighted by molar-refractivity contribution is -0.111. The van der Waals surface area contributed by atoms with E-state index in [4.69, 9.17) is 23.2 Å². The van der Waals surface area contributed by atoms with Crippen LogP contribution in [0.4, 0.5) is 5.69 Å². The first-order chi connectivity index (χ1) is 14.4. The summed E-state index contributed by atoms with van der Waals surface area (Å²) in [4.78, 5) is 25.2. The second-order valence-electron chi connectivity index (χ2n) is 6.64. The Bertz CT molecular complexity index is 1080. The Kier molecular flexibility index (Phi) is 7.28. The first-order valence-corrected chi connectivity index (χ1v) is 10.1. The number of amides is 2. The van der Waals surface area contributed by atoms with Crippen molar-refractivity contribution in [1.82, 2.24) is 5.32 Å². The topological polar surface area (TPSA) is 58.2 Å². The van der Waals surface area contributed by atoms with Crippen molar-refractivity contribution in [3.8, 4) is 0 Å². The minimum atomic E-state index is -0.377. The number of hydrogen-bond acceptors (Lipinski definition) is 2. The van der Waals surface area contributed by atoms with E-state index in [0.29, 0.717) is 26.9 Å². The monoisotopic (exact) mass is 438 g/mol. The molecule has 0 bridgehead atoms. The van der Waals surface area contributed by atoms with Crippen LogP contribution in [0.1, 0.15) is 34.5 Å². The van der Waals surface area contributed by atoms with Gasteiger partial charge < -0.3 is 10.6 Å². The molecule has 0 saturated heterocycles. The zero-order chi connectivity index (χ0) is 21.5. The fourth-order valence-corrected chi connectivity index (χ4v) is 3.34. The highest BCUT2D eigenvalue weighted by atomic mass is 35.5. The maximum absolute atomic E-state index is 12.8. The van der Waals surface area contributed by atoms with Crippen molar-refractivity contribution in [3.63, 3.8) is 0 Å². The van der Waals surface area contributed by atoms with Gasteiger partial charge in [-0.1, -0.05) is 71.7 Å². The molecule has 0 spiro atoms. The van der Waals surface area contributed by atoms with Crippen LogP contribution in [-0.2, 0) is 4.79 Å². The van der Waals surface area contributed by atoms with Crippen molar-refractivity contribution in [1.29, 1.82) is 0 Å². The number of rotatable bonds is 6. The molecule has 0 aliphatic rings. The van der Waals surface area contributed by atoms with E-state index in [9.17, 15) is 9.59 Å². The molecule has 3 aromatic rings. The lowest BCUT2D eigenvalue weighted by Gasteiger charge is -2.16. The molecule has 3 aromatic carbocycles. The van der Waals surface area contributed by atoms with Crippen LogP contribution in [0.25, 0.3) is 6.08 Å². The van der Waals surface area contributed by atoms with E-state index in [-0.39, 0.29) is 17.9 Å². The summed E-state index contributed by atoms with van der Waals surface area (Å²) in [5.41, 5.74) is 2.47. The lowest BCUT2D eigenvalue weighted by Crippen LogP contribution is -2.27. The smallest absolute Gasteiger partial charge is 0.253 e. The standard InChI is InChI=1S/C24H20Cl2N2O2/c1-16(17-7-3-2-4-8-17)27-24(30)20-9-5-6-10-22(20)28-23(29)14-12-18-11-13-19(25)15-21(18)26/h2-16H,1H3,(H,27,30)(H,28,29)/b14-12+/t16-/m0/s1. The molecule has 0 radical (unpaired) electrons. The van der Waals surface area contributed by atoms with Gasteiger partial charge in [0, 0.05) is 16.1 Å². The molecule has 2 amide bonds. The van der Waals surface area contributed by atoms with Crippen LogP contribution in [0.2, 0.25) is 10.0 Å². The highest BCUT2D eigenvalue weighted by Gasteiger charge is 2.15. The minimum absolute atomic E-state index is 0.172. The van der Waals surface area contributed by atoms with Crippen LogP contribution in [-0.4, -0.2) is 11.8 Å². The first-order valence-electron chi connectivity index (χ1n) is 9.33. The summed E-state index contributed by atoms with van der Waals surface area (Å²) in [6, 6.07) is 21.4. The number of anilines is 1. The summed E-state index contributed by atoms with van der Waals surface area (Å²) in [7, 11) is 0. The second kappa shape index (κ2) is 10.1. The van der Waals surface area contributed by atoms with Crippen LogP contribution < -0.4 is 10.6 Å². The van der Waals surface area contributed by atoms with E-state index < -0.39 is 0 Å². The largest absolute Gasteiger partial charge is 0.345 e. The van der Waals surface area contributed by atoms with Gasteiger partial charge in [-0.15, -0.1) is 0 Å². The van der Waals surface area contributed by atoms with Crippen molar-refractivity contribution >= 4 is 46.8 Å². The van der Waals surface area contributed by atoms with Crippen LogP contribution >= 0.6 is 23.2 Å². The highest BCUT2D eigenvalue weighted by molar-refractivity contribution is 6.35. The minimum Gasteiger partial charge on any atom is -0.345 e. The molecule has 0 aliphatic carbocycles. The highest BCUT2D eigenvalue weighted by Crippen LogP contribution is 2.22. The third-order valence-corrected chi connectivity index (χ3v) is 5.02. The van der Waals surface area contributed by atoms with Crippen LogP contribution in [0, 0.1) is 0 Å². The number of benzene rings is 3. The molecule has 152 valence electrons. The normalized spacial score (nSPS) is 11.8. The SMILES string of the molecule is C[C@H](NC(=O)c1ccccc1NC(=O)/C=C/c1ccc(Cl)cc1Cl)c1ccccc1. The van der Waals surface area contributed by atoms with E-state index in [2.05, 4.69) is 10.6 Å². The van der Waals surface area contributed by atoms with Gasteiger partial charge in [0.1, 0.15) is 0 Å². The lowest BCUT2D eigenvalue weighted by atomic mass is 10.1. The number of carbonyl (C=O) groups is 2. The fourth-order valence-electron chi connectivity index (χ4n) is 2.87. The van der Waals surface area contributed by atoms with Gasteiger partial charge in [-0.2, -0.15) is 0 Å². The van der Waals surface area contributed by atoms with Crippen molar-refractivity contribution in [2.45, 2.75) is 13.0 Å². The first kappa shape index (κ1) is 21.6. The molecule has 30 heavy (non-hydrogen) atoms. The second-order valence-corrected chi connectivity index (χ2v) is 7.48. The fraction of sp³-hybridized carbons (Fsp3) is 0.0833. The maximum Gasteiger partial charge on any atom is 0.253 e. The van der Waals surface area contributed by atoms with E-state index in [1.807, 2.05) is 37.3 Å². The predicted octanol–water partition coefficient (Wildman–Crippen LogP) is 6.14.